The number of H-pyrrole nitrogens is 1. The molecule has 3 N–H and O–H groups in total. The van der Waals surface area contributed by atoms with Gasteiger partial charge in [-0.1, -0.05) is 11.3 Å². The molecule has 1 atom stereocenters. The average molecular weight is 307 g/mol. The number of sulfonamides is 1. The molecule has 1 unspecified atom stereocenters. The number of carbonyl (C=O) groups is 1. The Kier molecular flexibility index (Phi) is 3.76. The van der Waals surface area contributed by atoms with Gasteiger partial charge in [-0.2, -0.15) is 4.31 Å². The Balaban J connectivity index is 2.45. The summed E-state index contributed by atoms with van der Waals surface area (Å²) in [5.41, 5.74) is 5.44. The van der Waals surface area contributed by atoms with E-state index in [1.54, 1.807) is 0 Å². The lowest BCUT2D eigenvalue weighted by Gasteiger charge is -2.32. The average Bonchev–Trinajstić information content (AvgIpc) is 2.69. The summed E-state index contributed by atoms with van der Waals surface area (Å²) in [6.45, 7) is 1.63. The van der Waals surface area contributed by atoms with Gasteiger partial charge in [0.2, 0.25) is 5.91 Å². The second-order valence-electron chi connectivity index (χ2n) is 4.04. The highest BCUT2D eigenvalue weighted by Gasteiger charge is 2.39. The summed E-state index contributed by atoms with van der Waals surface area (Å²) >= 11 is 0.595. The van der Waals surface area contributed by atoms with E-state index < -0.39 is 26.8 Å². The predicted octanol–water partition coefficient (Wildman–Crippen LogP) is -1.38. The molecule has 0 spiro atoms. The highest BCUT2D eigenvalue weighted by atomic mass is 32.2. The van der Waals surface area contributed by atoms with E-state index in [1.807, 2.05) is 0 Å². The van der Waals surface area contributed by atoms with Crippen LogP contribution in [-0.4, -0.2) is 49.4 Å². The number of aryl methyl sites for hydroxylation is 1. The maximum Gasteiger partial charge on any atom is 0.305 e. The highest BCUT2D eigenvalue weighted by molar-refractivity contribution is 7.91. The van der Waals surface area contributed by atoms with Crippen molar-refractivity contribution >= 4 is 27.3 Å². The van der Waals surface area contributed by atoms with Gasteiger partial charge in [-0.3, -0.25) is 9.59 Å². The van der Waals surface area contributed by atoms with Crippen LogP contribution < -0.4 is 10.6 Å². The van der Waals surface area contributed by atoms with Crippen molar-refractivity contribution in [3.63, 3.8) is 0 Å². The predicted molar refractivity (Wildman–Crippen MR) is 67.4 cm³/mol. The lowest BCUT2D eigenvalue weighted by Crippen LogP contribution is -2.54. The van der Waals surface area contributed by atoms with Crippen molar-refractivity contribution in [1.82, 2.24) is 9.29 Å². The molecule has 1 amide bonds. The van der Waals surface area contributed by atoms with E-state index in [4.69, 9.17) is 10.5 Å². The Morgan fingerprint density at radius 1 is 1.58 bits per heavy atom. The van der Waals surface area contributed by atoms with Crippen molar-refractivity contribution in [1.29, 1.82) is 0 Å². The minimum Gasteiger partial charge on any atom is -0.378 e. The first-order valence-electron chi connectivity index (χ1n) is 5.42. The number of carbonyl (C=O) groups excluding carboxylic acids is 1. The summed E-state index contributed by atoms with van der Waals surface area (Å²) in [6, 6.07) is -1.05. The summed E-state index contributed by atoms with van der Waals surface area (Å²) in [5, 5.41) is 0. The minimum absolute atomic E-state index is 0.0292. The number of amides is 1. The Morgan fingerprint density at radius 3 is 2.79 bits per heavy atom. The summed E-state index contributed by atoms with van der Waals surface area (Å²) in [6.07, 6.45) is 0. The smallest absolute Gasteiger partial charge is 0.305 e. The second-order valence-corrected chi connectivity index (χ2v) is 7.10. The molecule has 1 aromatic rings. The van der Waals surface area contributed by atoms with Crippen LogP contribution in [0.5, 0.6) is 0 Å². The fourth-order valence-corrected chi connectivity index (χ4v) is 4.82. The Bertz CT molecular complexity index is 647. The van der Waals surface area contributed by atoms with Crippen molar-refractivity contribution in [2.24, 2.45) is 5.73 Å². The highest BCUT2D eigenvalue weighted by Crippen LogP contribution is 2.24. The number of thiazole rings is 1. The Labute approximate surface area is 113 Å². The molecule has 19 heavy (non-hydrogen) atoms. The van der Waals surface area contributed by atoms with Gasteiger partial charge in [0.05, 0.1) is 13.2 Å². The maximum absolute atomic E-state index is 12.5. The van der Waals surface area contributed by atoms with E-state index in [0.717, 1.165) is 4.31 Å². The molecule has 10 heteroatoms. The molecular formula is C9H13N3O5S2. The van der Waals surface area contributed by atoms with E-state index in [1.165, 1.54) is 6.92 Å². The van der Waals surface area contributed by atoms with Crippen LogP contribution in [0.2, 0.25) is 0 Å². The normalized spacial score (nSPS) is 21.4. The van der Waals surface area contributed by atoms with Crippen LogP contribution in [0, 0.1) is 6.92 Å². The summed E-state index contributed by atoms with van der Waals surface area (Å²) in [4.78, 5) is 24.5. The van der Waals surface area contributed by atoms with Crippen LogP contribution in [0.4, 0.5) is 0 Å². The third kappa shape index (κ3) is 2.56. The SMILES string of the molecule is Cc1[nH]c(=O)sc1S(=O)(=O)N1CCOCC1C(N)=O. The molecule has 0 aromatic carbocycles. The van der Waals surface area contributed by atoms with Crippen molar-refractivity contribution < 1.29 is 17.9 Å². The third-order valence-electron chi connectivity index (χ3n) is 2.73. The van der Waals surface area contributed by atoms with Crippen molar-refractivity contribution in [3.8, 4) is 0 Å². The number of morpholine rings is 1. The van der Waals surface area contributed by atoms with Gasteiger partial charge in [0.15, 0.2) is 4.21 Å². The van der Waals surface area contributed by atoms with Crippen LogP contribution in [0.1, 0.15) is 5.69 Å². The zero-order chi connectivity index (χ0) is 14.2. The quantitative estimate of drug-likeness (QED) is 0.712. The molecule has 1 fully saturated rings. The summed E-state index contributed by atoms with van der Waals surface area (Å²) in [7, 11) is -3.93. The van der Waals surface area contributed by atoms with E-state index in [9.17, 15) is 18.0 Å². The molecule has 1 saturated heterocycles. The number of hydrogen-bond acceptors (Lipinski definition) is 6. The molecule has 0 bridgehead atoms. The molecule has 1 aliphatic rings. The first-order valence-corrected chi connectivity index (χ1v) is 7.68. The standard InChI is InChI=1S/C9H13N3O5S2/c1-5-8(18-9(14)11-5)19(15,16)12-2-3-17-4-6(12)7(10)13/h6H,2-4H2,1H3,(H2,10,13)(H,11,14). The third-order valence-corrected chi connectivity index (χ3v) is 6.22. The van der Waals surface area contributed by atoms with E-state index >= 15 is 0 Å². The van der Waals surface area contributed by atoms with Gasteiger partial charge in [0, 0.05) is 12.2 Å². The Hall–Kier alpha value is -1.23. The number of aromatic amines is 1. The first kappa shape index (κ1) is 14.2. The number of nitrogens with zero attached hydrogens (tertiary/aromatic N) is 1. The van der Waals surface area contributed by atoms with Gasteiger partial charge in [-0.25, -0.2) is 8.42 Å². The van der Waals surface area contributed by atoms with Crippen molar-refractivity contribution in [2.75, 3.05) is 19.8 Å². The van der Waals surface area contributed by atoms with Crippen LogP contribution in [0.25, 0.3) is 0 Å². The van der Waals surface area contributed by atoms with Gasteiger partial charge < -0.3 is 15.5 Å². The molecule has 0 aliphatic carbocycles. The topological polar surface area (TPSA) is 123 Å². The largest absolute Gasteiger partial charge is 0.378 e. The minimum atomic E-state index is -3.93. The van der Waals surface area contributed by atoms with Crippen molar-refractivity contribution in [3.05, 3.63) is 15.4 Å². The van der Waals surface area contributed by atoms with Crippen LogP contribution >= 0.6 is 11.3 Å². The lowest BCUT2D eigenvalue weighted by atomic mass is 10.3. The van der Waals surface area contributed by atoms with Crippen LogP contribution in [-0.2, 0) is 19.6 Å². The first-order chi connectivity index (χ1) is 8.84. The molecule has 106 valence electrons. The number of rotatable bonds is 3. The molecule has 8 nitrogen and oxygen atoms in total. The maximum atomic E-state index is 12.5. The zero-order valence-electron chi connectivity index (χ0n) is 10.1. The van der Waals surface area contributed by atoms with Gasteiger partial charge in [-0.05, 0) is 6.92 Å². The second kappa shape index (κ2) is 5.04. The van der Waals surface area contributed by atoms with Gasteiger partial charge in [0.25, 0.3) is 10.0 Å². The fraction of sp³-hybridized carbons (Fsp3) is 0.556. The van der Waals surface area contributed by atoms with Gasteiger partial charge in [-0.15, -0.1) is 0 Å². The molecule has 1 aliphatic heterocycles. The van der Waals surface area contributed by atoms with Gasteiger partial charge in [0.1, 0.15) is 6.04 Å². The summed E-state index contributed by atoms with van der Waals surface area (Å²) < 4.78 is 30.9. The molecule has 2 rings (SSSR count). The molecular weight excluding hydrogens is 294 g/mol. The number of aromatic nitrogens is 1. The van der Waals surface area contributed by atoms with Crippen LogP contribution in [0.3, 0.4) is 0 Å². The summed E-state index contributed by atoms with van der Waals surface area (Å²) in [5.74, 6) is -0.774. The fourth-order valence-electron chi connectivity index (χ4n) is 1.84. The molecule has 0 radical (unpaired) electrons. The molecule has 1 aromatic heterocycles. The Morgan fingerprint density at radius 2 is 2.26 bits per heavy atom. The van der Waals surface area contributed by atoms with Crippen LogP contribution in [0.15, 0.2) is 9.00 Å². The van der Waals surface area contributed by atoms with E-state index in [-0.39, 0.29) is 29.7 Å². The molecule has 2 heterocycles. The number of nitrogens with one attached hydrogen (secondary N) is 1. The van der Waals surface area contributed by atoms with Crippen molar-refractivity contribution in [2.45, 2.75) is 17.2 Å². The lowest BCUT2D eigenvalue weighted by molar-refractivity contribution is -0.125. The number of ether oxygens (including phenoxy) is 1. The molecule has 0 saturated carbocycles. The monoisotopic (exact) mass is 307 g/mol. The number of hydrogen-bond donors (Lipinski definition) is 2. The van der Waals surface area contributed by atoms with Gasteiger partial charge >= 0.3 is 4.87 Å². The number of nitrogens with two attached hydrogens (primary N) is 1. The zero-order valence-corrected chi connectivity index (χ0v) is 11.7. The van der Waals surface area contributed by atoms with E-state index in [2.05, 4.69) is 4.98 Å². The van der Waals surface area contributed by atoms with E-state index in [0.29, 0.717) is 11.3 Å². The number of primary amides is 1.